The maximum atomic E-state index is 2.54. The van der Waals surface area contributed by atoms with E-state index < -0.39 is 0 Å². The Morgan fingerprint density at radius 3 is 1.79 bits per heavy atom. The molecule has 0 radical (unpaired) electrons. The van der Waals surface area contributed by atoms with Crippen LogP contribution in [0.1, 0.15) is 48.9 Å². The minimum Gasteiger partial charge on any atom is -0.347 e. The van der Waals surface area contributed by atoms with Crippen LogP contribution in [0.4, 0.5) is 11.4 Å². The third kappa shape index (κ3) is 4.33. The molecular formula is C37H39N2+. The van der Waals surface area contributed by atoms with Gasteiger partial charge in [0.05, 0.1) is 5.41 Å². The third-order valence-corrected chi connectivity index (χ3v) is 9.36. The molecule has 0 bridgehead atoms. The summed E-state index contributed by atoms with van der Waals surface area (Å²) in [6, 6.07) is 39.8. The summed E-state index contributed by atoms with van der Waals surface area (Å²) in [4.78, 5) is 2.45. The summed E-state index contributed by atoms with van der Waals surface area (Å²) in [7, 11) is 4.50. The Hall–Kier alpha value is -3.91. The molecule has 0 N–H and O–H groups in total. The van der Waals surface area contributed by atoms with Crippen molar-refractivity contribution in [2.45, 2.75) is 50.4 Å². The first-order valence-corrected chi connectivity index (χ1v) is 14.3. The number of hydrogen-bond donors (Lipinski definition) is 0. The summed E-state index contributed by atoms with van der Waals surface area (Å²) in [6.45, 7) is 4.90. The molecule has 2 heterocycles. The van der Waals surface area contributed by atoms with Gasteiger partial charge in [-0.3, -0.25) is 0 Å². The molecular weight excluding hydrogens is 472 g/mol. The number of fused-ring (bicyclic) bond motifs is 2. The molecule has 2 heteroatoms. The number of allylic oxidation sites excluding steroid dienone is 2. The average molecular weight is 512 g/mol. The van der Waals surface area contributed by atoms with Gasteiger partial charge in [0.15, 0.2) is 5.71 Å². The van der Waals surface area contributed by atoms with Crippen molar-refractivity contribution in [2.75, 3.05) is 19.0 Å². The summed E-state index contributed by atoms with van der Waals surface area (Å²) in [5.74, 6) is 0. The number of benzene rings is 4. The zero-order valence-electron chi connectivity index (χ0n) is 23.7. The highest BCUT2D eigenvalue weighted by molar-refractivity contribution is 6.04. The van der Waals surface area contributed by atoms with E-state index in [9.17, 15) is 0 Å². The second kappa shape index (κ2) is 10.0. The summed E-state index contributed by atoms with van der Waals surface area (Å²) in [5.41, 5.74) is 10.9. The fraction of sp³-hybridized carbons (Fsp3) is 0.270. The molecule has 2 nitrogen and oxygen atoms in total. The first kappa shape index (κ1) is 25.4. The molecule has 2 aliphatic rings. The molecule has 4 aromatic carbocycles. The summed E-state index contributed by atoms with van der Waals surface area (Å²) >= 11 is 0. The molecule has 4 aromatic rings. The second-order valence-electron chi connectivity index (χ2n) is 11.7. The van der Waals surface area contributed by atoms with E-state index in [0.29, 0.717) is 0 Å². The van der Waals surface area contributed by atoms with Crippen LogP contribution in [0.3, 0.4) is 0 Å². The van der Waals surface area contributed by atoms with E-state index in [1.807, 2.05) is 0 Å². The molecule has 0 saturated heterocycles. The molecule has 0 aromatic heterocycles. The van der Waals surface area contributed by atoms with Crippen LogP contribution >= 0.6 is 0 Å². The average Bonchev–Trinajstić information content (AvgIpc) is 3.33. The number of likely N-dealkylation sites (N-methyl/N-ethyl adjacent to an activating group) is 1. The molecule has 0 fully saturated rings. The van der Waals surface area contributed by atoms with Crippen molar-refractivity contribution in [3.63, 3.8) is 0 Å². The van der Waals surface area contributed by atoms with E-state index in [1.165, 1.54) is 45.0 Å². The largest absolute Gasteiger partial charge is 0.347 e. The maximum Gasteiger partial charge on any atom is 0.209 e. The normalized spacial score (nSPS) is 22.9. The highest BCUT2D eigenvalue weighted by atomic mass is 15.2. The predicted molar refractivity (Wildman–Crippen MR) is 164 cm³/mol. The van der Waals surface area contributed by atoms with Gasteiger partial charge >= 0.3 is 0 Å². The lowest BCUT2D eigenvalue weighted by Crippen LogP contribution is -2.35. The Bertz CT molecular complexity index is 1550. The molecule has 196 valence electrons. The van der Waals surface area contributed by atoms with Crippen LogP contribution in [0.5, 0.6) is 0 Å². The number of anilines is 1. The predicted octanol–water partition coefficient (Wildman–Crippen LogP) is 8.23. The number of para-hydroxylation sites is 2. The van der Waals surface area contributed by atoms with E-state index >= 15 is 0 Å². The van der Waals surface area contributed by atoms with Crippen molar-refractivity contribution < 1.29 is 4.58 Å². The van der Waals surface area contributed by atoms with E-state index in [2.05, 4.69) is 153 Å². The smallest absolute Gasteiger partial charge is 0.209 e. The first-order chi connectivity index (χ1) is 18.9. The fourth-order valence-corrected chi connectivity index (χ4v) is 6.99. The molecule has 0 amide bonds. The van der Waals surface area contributed by atoms with Crippen molar-refractivity contribution in [1.82, 2.24) is 0 Å². The standard InChI is InChI=1S/C37H39N2/c1-36(25-23-28-15-7-5-8-16-28)30-19-11-13-21-32(30)38(3)34(36)27-35-37(2,26-24-29-17-9-6-10-18-29)31-20-12-14-22-33(31)39(35)4/h5-22,27H,23-26H2,1-4H3/q+1. The number of aryl methyl sites for hydroxylation is 2. The van der Waals surface area contributed by atoms with E-state index in [-0.39, 0.29) is 10.8 Å². The van der Waals surface area contributed by atoms with Gasteiger partial charge in [-0.15, -0.1) is 0 Å². The monoisotopic (exact) mass is 511 g/mol. The van der Waals surface area contributed by atoms with Gasteiger partial charge in [0.2, 0.25) is 5.69 Å². The fourth-order valence-electron chi connectivity index (χ4n) is 6.99. The van der Waals surface area contributed by atoms with Crippen molar-refractivity contribution in [3.8, 4) is 0 Å². The molecule has 2 atom stereocenters. The van der Waals surface area contributed by atoms with Crippen LogP contribution < -0.4 is 4.90 Å². The van der Waals surface area contributed by atoms with E-state index in [1.54, 1.807) is 0 Å². The van der Waals surface area contributed by atoms with Gasteiger partial charge in [-0.05, 0) is 62.3 Å². The minimum absolute atomic E-state index is 0.0792. The first-order valence-electron chi connectivity index (χ1n) is 14.3. The van der Waals surface area contributed by atoms with Gasteiger partial charge in [0.1, 0.15) is 7.05 Å². The van der Waals surface area contributed by atoms with E-state index in [0.717, 1.165) is 25.7 Å². The lowest BCUT2D eigenvalue weighted by atomic mass is 9.72. The molecule has 0 aliphatic carbocycles. The van der Waals surface area contributed by atoms with Gasteiger partial charge in [0.25, 0.3) is 0 Å². The Kier molecular flexibility index (Phi) is 6.51. The molecule has 6 rings (SSSR count). The Morgan fingerprint density at radius 1 is 0.641 bits per heavy atom. The van der Waals surface area contributed by atoms with Gasteiger partial charge in [-0.1, -0.05) is 97.1 Å². The summed E-state index contributed by atoms with van der Waals surface area (Å²) in [5, 5.41) is 0. The molecule has 2 aliphatic heterocycles. The zero-order valence-corrected chi connectivity index (χ0v) is 23.7. The van der Waals surface area contributed by atoms with Crippen LogP contribution in [0.2, 0.25) is 0 Å². The van der Waals surface area contributed by atoms with Gasteiger partial charge in [-0.25, -0.2) is 0 Å². The topological polar surface area (TPSA) is 6.25 Å². The lowest BCUT2D eigenvalue weighted by Gasteiger charge is -2.30. The van der Waals surface area contributed by atoms with Crippen LogP contribution in [0, 0.1) is 0 Å². The summed E-state index contributed by atoms with van der Waals surface area (Å²) < 4.78 is 2.45. The Labute approximate surface area is 234 Å². The van der Waals surface area contributed by atoms with E-state index in [4.69, 9.17) is 0 Å². The highest BCUT2D eigenvalue weighted by Crippen LogP contribution is 2.51. The van der Waals surface area contributed by atoms with Gasteiger partial charge < -0.3 is 4.90 Å². The van der Waals surface area contributed by atoms with Gasteiger partial charge in [0, 0.05) is 41.6 Å². The number of nitrogens with zero attached hydrogens (tertiary/aromatic N) is 2. The van der Waals surface area contributed by atoms with Crippen molar-refractivity contribution >= 4 is 17.1 Å². The number of hydrogen-bond acceptors (Lipinski definition) is 1. The van der Waals surface area contributed by atoms with Gasteiger partial charge in [-0.2, -0.15) is 4.58 Å². The second-order valence-corrected chi connectivity index (χ2v) is 11.7. The van der Waals surface area contributed by atoms with Crippen LogP contribution in [-0.4, -0.2) is 24.4 Å². The SMILES string of the molecule is CN1C(=CC2=[N+](C)c3ccccc3C2(C)CCc2ccccc2)C(C)(CCc2ccccc2)c2ccccc21. The molecule has 0 saturated carbocycles. The quantitative estimate of drug-likeness (QED) is 0.227. The molecule has 39 heavy (non-hydrogen) atoms. The summed E-state index contributed by atoms with van der Waals surface area (Å²) in [6.07, 6.45) is 6.76. The molecule has 2 unspecified atom stereocenters. The van der Waals surface area contributed by atoms with Crippen molar-refractivity contribution in [2.24, 2.45) is 0 Å². The minimum atomic E-state index is -0.0792. The number of rotatable bonds is 7. The lowest BCUT2D eigenvalue weighted by molar-refractivity contribution is -0.401. The van der Waals surface area contributed by atoms with Crippen LogP contribution in [-0.2, 0) is 23.7 Å². The Morgan fingerprint density at radius 2 is 1.15 bits per heavy atom. The van der Waals surface area contributed by atoms with Crippen LogP contribution in [0.25, 0.3) is 0 Å². The molecule has 0 spiro atoms. The zero-order chi connectivity index (χ0) is 27.0. The third-order valence-electron chi connectivity index (χ3n) is 9.36. The maximum absolute atomic E-state index is 2.54. The van der Waals surface area contributed by atoms with Crippen molar-refractivity contribution in [1.29, 1.82) is 0 Å². The van der Waals surface area contributed by atoms with Crippen LogP contribution in [0.15, 0.2) is 121 Å². The highest BCUT2D eigenvalue weighted by Gasteiger charge is 2.49. The Balaban J connectivity index is 1.44. The van der Waals surface area contributed by atoms with Crippen molar-refractivity contribution in [3.05, 3.63) is 143 Å².